The highest BCUT2D eigenvalue weighted by Gasteiger charge is 2.25. The average molecular weight is 361 g/mol. The number of benzene rings is 2. The molecule has 7 heteroatoms. The van der Waals surface area contributed by atoms with Crippen LogP contribution in [0.4, 0.5) is 5.69 Å². The highest BCUT2D eigenvalue weighted by atomic mass is 32.2. The van der Waals surface area contributed by atoms with Gasteiger partial charge in [0.25, 0.3) is 5.91 Å². The monoisotopic (exact) mass is 361 g/mol. The second-order valence-electron chi connectivity index (χ2n) is 5.43. The standard InChI is InChI=1S/C18H19NO5S/c1-3-15(17(20)19-13-9-5-4-6-10-13)24-18(21)14-11-7-8-12-16(14)25(2,22)23/h4-12,15H,3H2,1-2H3,(H,19,20). The summed E-state index contributed by atoms with van der Waals surface area (Å²) in [6, 6.07) is 14.5. The van der Waals surface area contributed by atoms with Crippen molar-refractivity contribution in [3.63, 3.8) is 0 Å². The molecule has 2 rings (SSSR count). The minimum absolute atomic E-state index is 0.0871. The Hall–Kier alpha value is -2.67. The predicted molar refractivity (Wildman–Crippen MR) is 94.1 cm³/mol. The van der Waals surface area contributed by atoms with Crippen molar-refractivity contribution in [1.82, 2.24) is 0 Å². The third kappa shape index (κ3) is 4.90. The van der Waals surface area contributed by atoms with Crippen LogP contribution in [0.3, 0.4) is 0 Å². The van der Waals surface area contributed by atoms with Gasteiger partial charge in [-0.15, -0.1) is 0 Å². The van der Waals surface area contributed by atoms with E-state index < -0.39 is 27.8 Å². The number of para-hydroxylation sites is 1. The van der Waals surface area contributed by atoms with Gasteiger partial charge in [0.05, 0.1) is 10.5 Å². The van der Waals surface area contributed by atoms with E-state index in [0.717, 1.165) is 6.26 Å². The Labute approximate surface area is 146 Å². The maximum Gasteiger partial charge on any atom is 0.340 e. The van der Waals surface area contributed by atoms with E-state index in [9.17, 15) is 18.0 Å². The highest BCUT2D eigenvalue weighted by Crippen LogP contribution is 2.18. The number of hydrogen-bond donors (Lipinski definition) is 1. The smallest absolute Gasteiger partial charge is 0.340 e. The van der Waals surface area contributed by atoms with E-state index in [1.54, 1.807) is 31.2 Å². The van der Waals surface area contributed by atoms with Crippen molar-refractivity contribution in [2.45, 2.75) is 24.3 Å². The number of amides is 1. The molecule has 1 N–H and O–H groups in total. The number of rotatable bonds is 6. The second-order valence-corrected chi connectivity index (χ2v) is 7.41. The molecule has 0 aromatic heterocycles. The first-order chi connectivity index (χ1) is 11.8. The Kier molecular flexibility index (Phi) is 5.93. The van der Waals surface area contributed by atoms with Crippen molar-refractivity contribution in [1.29, 1.82) is 0 Å². The number of hydrogen-bond acceptors (Lipinski definition) is 5. The van der Waals surface area contributed by atoms with Crippen LogP contribution in [0.25, 0.3) is 0 Å². The lowest BCUT2D eigenvalue weighted by Gasteiger charge is -2.17. The van der Waals surface area contributed by atoms with Crippen LogP contribution in [-0.2, 0) is 19.4 Å². The lowest BCUT2D eigenvalue weighted by Crippen LogP contribution is -2.32. The summed E-state index contributed by atoms with van der Waals surface area (Å²) in [5.74, 6) is -1.32. The number of carbonyl (C=O) groups excluding carboxylic acids is 2. The molecule has 132 valence electrons. The number of carbonyl (C=O) groups is 2. The van der Waals surface area contributed by atoms with Gasteiger partial charge in [-0.3, -0.25) is 4.79 Å². The number of sulfone groups is 1. The molecule has 0 saturated heterocycles. The molecule has 1 amide bonds. The number of anilines is 1. The number of ether oxygens (including phenoxy) is 1. The summed E-state index contributed by atoms with van der Waals surface area (Å²) < 4.78 is 28.8. The zero-order chi connectivity index (χ0) is 18.4. The molecule has 6 nitrogen and oxygen atoms in total. The molecular weight excluding hydrogens is 342 g/mol. The molecule has 0 saturated carbocycles. The lowest BCUT2D eigenvalue weighted by molar-refractivity contribution is -0.124. The van der Waals surface area contributed by atoms with Crippen molar-refractivity contribution in [2.75, 3.05) is 11.6 Å². The van der Waals surface area contributed by atoms with Crippen LogP contribution < -0.4 is 5.32 Å². The quantitative estimate of drug-likeness (QED) is 0.799. The summed E-state index contributed by atoms with van der Waals surface area (Å²) in [5, 5.41) is 2.66. The van der Waals surface area contributed by atoms with Gasteiger partial charge in [0.15, 0.2) is 15.9 Å². The highest BCUT2D eigenvalue weighted by molar-refractivity contribution is 7.90. The Morgan fingerprint density at radius 2 is 1.64 bits per heavy atom. The Morgan fingerprint density at radius 3 is 2.24 bits per heavy atom. The molecule has 25 heavy (non-hydrogen) atoms. The minimum Gasteiger partial charge on any atom is -0.449 e. The van der Waals surface area contributed by atoms with Crippen molar-refractivity contribution in [3.05, 3.63) is 60.2 Å². The molecule has 0 aliphatic heterocycles. The van der Waals surface area contributed by atoms with Gasteiger partial charge in [-0.05, 0) is 30.7 Å². The molecule has 0 aliphatic rings. The Morgan fingerprint density at radius 1 is 1.04 bits per heavy atom. The fourth-order valence-electron chi connectivity index (χ4n) is 2.22. The van der Waals surface area contributed by atoms with E-state index in [2.05, 4.69) is 5.32 Å². The van der Waals surface area contributed by atoms with Gasteiger partial charge in [0, 0.05) is 11.9 Å². The average Bonchev–Trinajstić information content (AvgIpc) is 2.59. The van der Waals surface area contributed by atoms with E-state index in [1.165, 1.54) is 24.3 Å². The molecule has 2 aromatic carbocycles. The van der Waals surface area contributed by atoms with E-state index in [-0.39, 0.29) is 16.9 Å². The van der Waals surface area contributed by atoms with Crippen molar-refractivity contribution >= 4 is 27.4 Å². The van der Waals surface area contributed by atoms with Gasteiger partial charge in [-0.25, -0.2) is 13.2 Å². The van der Waals surface area contributed by atoms with Gasteiger partial charge in [0.1, 0.15) is 0 Å². The van der Waals surface area contributed by atoms with Gasteiger partial charge in [0.2, 0.25) is 0 Å². The lowest BCUT2D eigenvalue weighted by atomic mass is 10.2. The largest absolute Gasteiger partial charge is 0.449 e. The van der Waals surface area contributed by atoms with E-state index in [4.69, 9.17) is 4.74 Å². The molecule has 0 fully saturated rings. The van der Waals surface area contributed by atoms with Crippen molar-refractivity contribution in [3.8, 4) is 0 Å². The predicted octanol–water partition coefficient (Wildman–Crippen LogP) is 2.66. The molecule has 0 bridgehead atoms. The Balaban J connectivity index is 2.17. The van der Waals surface area contributed by atoms with Gasteiger partial charge in [-0.1, -0.05) is 37.3 Å². The summed E-state index contributed by atoms with van der Waals surface area (Å²) in [6.07, 6.45) is 0.240. The van der Waals surface area contributed by atoms with E-state index >= 15 is 0 Å². The summed E-state index contributed by atoms with van der Waals surface area (Å²) in [7, 11) is -3.59. The van der Waals surface area contributed by atoms with Crippen LogP contribution in [-0.4, -0.2) is 32.7 Å². The first-order valence-electron chi connectivity index (χ1n) is 7.69. The number of nitrogens with one attached hydrogen (secondary N) is 1. The first-order valence-corrected chi connectivity index (χ1v) is 9.58. The van der Waals surface area contributed by atoms with Gasteiger partial charge < -0.3 is 10.1 Å². The minimum atomic E-state index is -3.59. The second kappa shape index (κ2) is 7.94. The molecule has 1 atom stereocenters. The van der Waals surface area contributed by atoms with Crippen LogP contribution in [0, 0.1) is 0 Å². The first kappa shape index (κ1) is 18.7. The third-order valence-electron chi connectivity index (χ3n) is 3.46. The molecular formula is C18H19NO5S. The maximum absolute atomic E-state index is 12.4. The van der Waals surface area contributed by atoms with Crippen molar-refractivity contribution < 1.29 is 22.7 Å². The zero-order valence-corrected chi connectivity index (χ0v) is 14.7. The topological polar surface area (TPSA) is 89.5 Å². The Bertz CT molecular complexity index is 862. The van der Waals surface area contributed by atoms with Crippen LogP contribution in [0.5, 0.6) is 0 Å². The van der Waals surface area contributed by atoms with Crippen LogP contribution >= 0.6 is 0 Å². The van der Waals surface area contributed by atoms with Gasteiger partial charge in [-0.2, -0.15) is 0 Å². The summed E-state index contributed by atoms with van der Waals surface area (Å²) in [6.45, 7) is 1.70. The van der Waals surface area contributed by atoms with Gasteiger partial charge >= 0.3 is 5.97 Å². The van der Waals surface area contributed by atoms with Crippen LogP contribution in [0.2, 0.25) is 0 Å². The molecule has 2 aromatic rings. The summed E-state index contributed by atoms with van der Waals surface area (Å²) >= 11 is 0. The molecule has 0 spiro atoms. The summed E-state index contributed by atoms with van der Waals surface area (Å²) in [4.78, 5) is 24.5. The molecule has 0 radical (unpaired) electrons. The van der Waals surface area contributed by atoms with Crippen LogP contribution in [0.1, 0.15) is 23.7 Å². The zero-order valence-electron chi connectivity index (χ0n) is 13.9. The molecule has 0 aliphatic carbocycles. The molecule has 1 unspecified atom stereocenters. The third-order valence-corrected chi connectivity index (χ3v) is 4.62. The normalized spacial score (nSPS) is 12.2. The van der Waals surface area contributed by atoms with Crippen molar-refractivity contribution in [2.24, 2.45) is 0 Å². The van der Waals surface area contributed by atoms with Crippen LogP contribution in [0.15, 0.2) is 59.5 Å². The SMILES string of the molecule is CCC(OC(=O)c1ccccc1S(C)(=O)=O)C(=O)Nc1ccccc1. The fraction of sp³-hybridized carbons (Fsp3) is 0.222. The van der Waals surface area contributed by atoms with E-state index in [0.29, 0.717) is 5.69 Å². The van der Waals surface area contributed by atoms with E-state index in [1.807, 2.05) is 6.07 Å². The fourth-order valence-corrected chi connectivity index (χ4v) is 3.09. The maximum atomic E-state index is 12.4. The summed E-state index contributed by atoms with van der Waals surface area (Å²) in [5.41, 5.74) is 0.495. The molecule has 0 heterocycles. The number of esters is 1.